The summed E-state index contributed by atoms with van der Waals surface area (Å²) >= 11 is 0. The predicted octanol–water partition coefficient (Wildman–Crippen LogP) is 12.3. The normalized spacial score (nSPS) is 11.7. The van der Waals surface area contributed by atoms with E-state index in [0.29, 0.717) is 17.5 Å². The number of nitrogens with zero attached hydrogens (tertiary/aromatic N) is 3. The Hall–Kier alpha value is -6.91. The molecule has 0 aliphatic carbocycles. The van der Waals surface area contributed by atoms with E-state index in [2.05, 4.69) is 103 Å². The number of aromatic nitrogens is 3. The van der Waals surface area contributed by atoms with Crippen LogP contribution in [0.4, 0.5) is 0 Å². The van der Waals surface area contributed by atoms with Gasteiger partial charge in [-0.1, -0.05) is 152 Å². The van der Waals surface area contributed by atoms with E-state index in [1.165, 1.54) is 27.5 Å². The highest BCUT2D eigenvalue weighted by molar-refractivity contribution is 6.10. The third-order valence-electron chi connectivity index (χ3n) is 9.75. The summed E-state index contributed by atoms with van der Waals surface area (Å²) < 4.78 is 6.58. The maximum Gasteiger partial charge on any atom is 0.164 e. The molecular formula is C47H29N3O. The van der Waals surface area contributed by atoms with Crippen molar-refractivity contribution in [3.8, 4) is 79.0 Å². The summed E-state index contributed by atoms with van der Waals surface area (Å²) in [6.45, 7) is 0. The largest absolute Gasteiger partial charge is 0.456 e. The van der Waals surface area contributed by atoms with Crippen molar-refractivity contribution in [2.75, 3.05) is 0 Å². The first-order chi connectivity index (χ1) is 25.3. The molecule has 0 radical (unpaired) electrons. The molecule has 0 saturated carbocycles. The molecule has 0 spiro atoms. The number of fused-ring (bicyclic) bond motifs is 3. The molecule has 9 aromatic rings. The zero-order valence-corrected chi connectivity index (χ0v) is 27.5. The maximum atomic E-state index is 6.58. The lowest BCUT2D eigenvalue weighted by Gasteiger charge is -2.23. The number of rotatable bonds is 5. The molecule has 0 amide bonds. The molecule has 0 fully saturated rings. The van der Waals surface area contributed by atoms with E-state index in [4.69, 9.17) is 19.7 Å². The Morgan fingerprint density at radius 2 is 0.824 bits per heavy atom. The van der Waals surface area contributed by atoms with E-state index in [1.54, 1.807) is 0 Å². The van der Waals surface area contributed by atoms with Crippen LogP contribution in [-0.2, 0) is 0 Å². The number of ether oxygens (including phenoxy) is 1. The van der Waals surface area contributed by atoms with Crippen molar-refractivity contribution in [1.82, 2.24) is 15.0 Å². The molecule has 0 N–H and O–H groups in total. The third-order valence-corrected chi connectivity index (χ3v) is 9.75. The van der Waals surface area contributed by atoms with Crippen molar-refractivity contribution in [2.45, 2.75) is 0 Å². The molecule has 0 atom stereocenters. The van der Waals surface area contributed by atoms with Gasteiger partial charge >= 0.3 is 0 Å². The summed E-state index contributed by atoms with van der Waals surface area (Å²) in [7, 11) is 0. The second-order valence-corrected chi connectivity index (χ2v) is 12.8. The summed E-state index contributed by atoms with van der Waals surface area (Å²) in [5.41, 5.74) is 9.68. The van der Waals surface area contributed by atoms with E-state index in [-0.39, 0.29) is 0 Å². The van der Waals surface area contributed by atoms with Gasteiger partial charge in [0.25, 0.3) is 0 Å². The van der Waals surface area contributed by atoms with Crippen molar-refractivity contribution in [2.24, 2.45) is 0 Å². The molecule has 10 rings (SSSR count). The SMILES string of the molecule is c1ccc(-c2nc(-c3ccccc3)nc(-c3ccc4c(c3)-c3cccc5c(-c6ccc(-c7cccc8ccccc78)cc6)ccc(c35)O4)n2)cc1. The zero-order chi connectivity index (χ0) is 33.7. The van der Waals surface area contributed by atoms with Crippen LogP contribution in [0.3, 0.4) is 0 Å². The average molecular weight is 652 g/mol. The number of hydrogen-bond donors (Lipinski definition) is 0. The van der Waals surface area contributed by atoms with Crippen LogP contribution in [-0.4, -0.2) is 15.0 Å². The van der Waals surface area contributed by atoms with Gasteiger partial charge in [-0.2, -0.15) is 0 Å². The van der Waals surface area contributed by atoms with Gasteiger partial charge in [-0.15, -0.1) is 0 Å². The van der Waals surface area contributed by atoms with Crippen LogP contribution >= 0.6 is 0 Å². The van der Waals surface area contributed by atoms with Crippen molar-refractivity contribution >= 4 is 21.5 Å². The minimum atomic E-state index is 0.614. The highest BCUT2D eigenvalue weighted by Gasteiger charge is 2.23. The molecule has 1 aliphatic heterocycles. The molecule has 1 aromatic heterocycles. The predicted molar refractivity (Wildman–Crippen MR) is 208 cm³/mol. The van der Waals surface area contributed by atoms with Gasteiger partial charge in [-0.3, -0.25) is 0 Å². The molecule has 4 heteroatoms. The first-order valence-corrected chi connectivity index (χ1v) is 17.1. The van der Waals surface area contributed by atoms with Crippen molar-refractivity contribution in [3.05, 3.63) is 176 Å². The highest BCUT2D eigenvalue weighted by atomic mass is 16.5. The molecule has 2 heterocycles. The molecule has 0 unspecified atom stereocenters. The third kappa shape index (κ3) is 5.04. The monoisotopic (exact) mass is 651 g/mol. The molecule has 238 valence electrons. The standard InChI is InChI=1S/C47H29N3O/c1-3-12-33(13-4-1)45-48-46(34-14-5-2-6-15-34)50-47(49-45)35-25-27-42-41(29-35)40-20-10-19-39-38(26-28-43(51-42)44(39)40)32-23-21-31(22-24-32)37-18-9-16-30-11-7-8-17-36(30)37/h1-29H. The van der Waals surface area contributed by atoms with Crippen molar-refractivity contribution in [1.29, 1.82) is 0 Å². The average Bonchev–Trinajstić information content (AvgIpc) is 3.21. The smallest absolute Gasteiger partial charge is 0.164 e. The summed E-state index contributed by atoms with van der Waals surface area (Å²) in [5.74, 6) is 3.55. The number of benzene rings is 8. The topological polar surface area (TPSA) is 47.9 Å². The van der Waals surface area contributed by atoms with Crippen LogP contribution in [0.15, 0.2) is 176 Å². The fraction of sp³-hybridized carbons (Fsp3) is 0. The van der Waals surface area contributed by atoms with Crippen LogP contribution in [0.1, 0.15) is 0 Å². The second kappa shape index (κ2) is 11.9. The molecule has 51 heavy (non-hydrogen) atoms. The lowest BCUT2D eigenvalue weighted by molar-refractivity contribution is 0.487. The van der Waals surface area contributed by atoms with Crippen molar-refractivity contribution in [3.63, 3.8) is 0 Å². The lowest BCUT2D eigenvalue weighted by atomic mass is 9.89. The zero-order valence-electron chi connectivity index (χ0n) is 27.5. The number of hydrogen-bond acceptors (Lipinski definition) is 4. The first-order valence-electron chi connectivity index (χ1n) is 17.1. The summed E-state index contributed by atoms with van der Waals surface area (Å²) in [5, 5.41) is 4.75. The van der Waals surface area contributed by atoms with E-state index in [1.807, 2.05) is 72.8 Å². The van der Waals surface area contributed by atoms with E-state index in [9.17, 15) is 0 Å². The van der Waals surface area contributed by atoms with Crippen molar-refractivity contribution < 1.29 is 4.74 Å². The minimum Gasteiger partial charge on any atom is -0.456 e. The van der Waals surface area contributed by atoms with Gasteiger partial charge in [-0.05, 0) is 68.2 Å². The van der Waals surface area contributed by atoms with Gasteiger partial charge in [0.15, 0.2) is 17.5 Å². The van der Waals surface area contributed by atoms with Gasteiger partial charge < -0.3 is 4.74 Å². The molecular weight excluding hydrogens is 623 g/mol. The fourth-order valence-corrected chi connectivity index (χ4v) is 7.27. The van der Waals surface area contributed by atoms with Crippen LogP contribution in [0.2, 0.25) is 0 Å². The summed E-state index contributed by atoms with van der Waals surface area (Å²) in [6.07, 6.45) is 0. The Bertz CT molecular complexity index is 2700. The second-order valence-electron chi connectivity index (χ2n) is 12.8. The summed E-state index contributed by atoms with van der Waals surface area (Å²) in [4.78, 5) is 14.8. The molecule has 8 aromatic carbocycles. The lowest BCUT2D eigenvalue weighted by Crippen LogP contribution is -2.01. The Kier molecular flexibility index (Phi) is 6.78. The summed E-state index contributed by atoms with van der Waals surface area (Å²) in [6, 6.07) is 61.1. The van der Waals surface area contributed by atoms with Gasteiger partial charge in [-0.25, -0.2) is 15.0 Å². The highest BCUT2D eigenvalue weighted by Crippen LogP contribution is 2.49. The first kappa shape index (κ1) is 29.0. The van der Waals surface area contributed by atoms with Gasteiger partial charge in [0.2, 0.25) is 0 Å². The Balaban J connectivity index is 1.07. The molecule has 0 bridgehead atoms. The van der Waals surface area contributed by atoms with Gasteiger partial charge in [0, 0.05) is 27.6 Å². The Morgan fingerprint density at radius 1 is 0.314 bits per heavy atom. The fourth-order valence-electron chi connectivity index (χ4n) is 7.27. The maximum absolute atomic E-state index is 6.58. The van der Waals surface area contributed by atoms with E-state index < -0.39 is 0 Å². The van der Waals surface area contributed by atoms with Crippen LogP contribution in [0.25, 0.3) is 89.1 Å². The van der Waals surface area contributed by atoms with Gasteiger partial charge in [0.05, 0.1) is 0 Å². The minimum absolute atomic E-state index is 0.614. The van der Waals surface area contributed by atoms with E-state index in [0.717, 1.165) is 55.7 Å². The van der Waals surface area contributed by atoms with E-state index >= 15 is 0 Å². The van der Waals surface area contributed by atoms with Crippen LogP contribution in [0.5, 0.6) is 11.5 Å². The molecule has 4 nitrogen and oxygen atoms in total. The molecule has 1 aliphatic rings. The molecule has 0 saturated heterocycles. The Morgan fingerprint density at radius 3 is 1.53 bits per heavy atom. The van der Waals surface area contributed by atoms with Crippen LogP contribution < -0.4 is 4.74 Å². The quantitative estimate of drug-likeness (QED) is 0.186. The van der Waals surface area contributed by atoms with Gasteiger partial charge in [0.1, 0.15) is 11.5 Å². The Labute approximate surface area is 295 Å². The van der Waals surface area contributed by atoms with Crippen LogP contribution in [0, 0.1) is 0 Å².